The number of aromatic nitrogens is 2. The molecule has 0 saturated carbocycles. The van der Waals surface area contributed by atoms with Crippen molar-refractivity contribution >= 4 is 5.91 Å². The number of carbonyl (C=O) groups excluding carboxylic acids is 1. The lowest BCUT2D eigenvalue weighted by Crippen LogP contribution is -2.43. The van der Waals surface area contributed by atoms with E-state index in [1.54, 1.807) is 12.3 Å². The van der Waals surface area contributed by atoms with Gasteiger partial charge in [-0.2, -0.15) is 0 Å². The van der Waals surface area contributed by atoms with Gasteiger partial charge in [0.05, 0.1) is 0 Å². The molecule has 26 heavy (non-hydrogen) atoms. The van der Waals surface area contributed by atoms with Crippen LogP contribution < -0.4 is 14.8 Å². The highest BCUT2D eigenvalue weighted by Crippen LogP contribution is 2.30. The van der Waals surface area contributed by atoms with Gasteiger partial charge in [-0.3, -0.25) is 4.79 Å². The highest BCUT2D eigenvalue weighted by atomic mass is 16.6. The monoisotopic (exact) mass is 349 g/mol. The maximum absolute atomic E-state index is 12.4. The fraction of sp³-hybridized carbons (Fsp3) is 0.200. The Morgan fingerprint density at radius 3 is 2.69 bits per heavy atom. The summed E-state index contributed by atoms with van der Waals surface area (Å²) in [6.07, 6.45) is 3.05. The van der Waals surface area contributed by atoms with Gasteiger partial charge in [0.15, 0.2) is 11.5 Å². The molecule has 6 heteroatoms. The summed E-state index contributed by atoms with van der Waals surface area (Å²) in [4.78, 5) is 16.6. The molecule has 0 fully saturated rings. The molecule has 1 N–H and O–H groups in total. The number of nitrogens with one attached hydrogen (secondary N) is 1. The van der Waals surface area contributed by atoms with Gasteiger partial charge in [0, 0.05) is 24.6 Å². The van der Waals surface area contributed by atoms with E-state index < -0.39 is 6.10 Å². The topological polar surface area (TPSA) is 65.4 Å². The van der Waals surface area contributed by atoms with Crippen molar-refractivity contribution in [3.63, 3.8) is 0 Å². The van der Waals surface area contributed by atoms with Crippen molar-refractivity contribution in [2.75, 3.05) is 6.61 Å². The van der Waals surface area contributed by atoms with E-state index >= 15 is 0 Å². The van der Waals surface area contributed by atoms with Crippen LogP contribution in [0.4, 0.5) is 0 Å². The lowest BCUT2D eigenvalue weighted by atomic mass is 10.2. The third-order valence-corrected chi connectivity index (χ3v) is 4.31. The van der Waals surface area contributed by atoms with Gasteiger partial charge in [0.2, 0.25) is 6.10 Å². The molecule has 0 spiro atoms. The Bertz CT molecular complexity index is 918. The predicted octanol–water partition coefficient (Wildman–Crippen LogP) is 2.64. The molecule has 6 nitrogen and oxygen atoms in total. The Morgan fingerprint density at radius 2 is 1.96 bits per heavy atom. The van der Waals surface area contributed by atoms with Crippen LogP contribution >= 0.6 is 0 Å². The van der Waals surface area contributed by atoms with Gasteiger partial charge in [0.1, 0.15) is 12.4 Å². The molecule has 0 aliphatic carbocycles. The van der Waals surface area contributed by atoms with E-state index in [0.717, 1.165) is 17.1 Å². The largest absolute Gasteiger partial charge is 0.485 e. The van der Waals surface area contributed by atoms with Crippen LogP contribution in [0.25, 0.3) is 5.69 Å². The zero-order valence-electron chi connectivity index (χ0n) is 14.4. The van der Waals surface area contributed by atoms with Gasteiger partial charge < -0.3 is 19.4 Å². The third-order valence-electron chi connectivity index (χ3n) is 4.31. The summed E-state index contributed by atoms with van der Waals surface area (Å²) in [7, 11) is 0. The van der Waals surface area contributed by atoms with Gasteiger partial charge in [-0.05, 0) is 36.8 Å². The molecule has 0 bridgehead atoms. The van der Waals surface area contributed by atoms with E-state index in [1.807, 2.05) is 60.2 Å². The second-order valence-electron chi connectivity index (χ2n) is 6.09. The van der Waals surface area contributed by atoms with Crippen LogP contribution in [-0.2, 0) is 11.3 Å². The van der Waals surface area contributed by atoms with E-state index in [4.69, 9.17) is 9.47 Å². The second-order valence-corrected chi connectivity index (χ2v) is 6.09. The molecule has 1 aliphatic heterocycles. The van der Waals surface area contributed by atoms with Crippen molar-refractivity contribution in [3.8, 4) is 17.2 Å². The summed E-state index contributed by atoms with van der Waals surface area (Å²) >= 11 is 0. The van der Waals surface area contributed by atoms with Crippen LogP contribution in [0.3, 0.4) is 0 Å². The number of nitrogens with zero attached hydrogens (tertiary/aromatic N) is 2. The number of fused-ring (bicyclic) bond motifs is 1. The van der Waals surface area contributed by atoms with Crippen molar-refractivity contribution < 1.29 is 14.3 Å². The van der Waals surface area contributed by atoms with Gasteiger partial charge in [0.25, 0.3) is 5.91 Å². The number of para-hydroxylation sites is 2. The molecule has 1 aromatic heterocycles. The summed E-state index contributed by atoms with van der Waals surface area (Å²) < 4.78 is 13.3. The average molecular weight is 349 g/mol. The van der Waals surface area contributed by atoms with Crippen LogP contribution in [0.2, 0.25) is 0 Å². The lowest BCUT2D eigenvalue weighted by Gasteiger charge is -2.25. The van der Waals surface area contributed by atoms with Crippen molar-refractivity contribution in [1.82, 2.24) is 14.9 Å². The molecule has 1 amide bonds. The average Bonchev–Trinajstić information content (AvgIpc) is 3.12. The zero-order chi connectivity index (χ0) is 17.9. The van der Waals surface area contributed by atoms with Crippen LogP contribution in [0.5, 0.6) is 11.5 Å². The molecule has 0 radical (unpaired) electrons. The van der Waals surface area contributed by atoms with Crippen LogP contribution in [0.15, 0.2) is 60.9 Å². The molecule has 132 valence electrons. The van der Waals surface area contributed by atoms with E-state index in [9.17, 15) is 4.79 Å². The number of hydrogen-bond acceptors (Lipinski definition) is 4. The SMILES string of the molecule is Cc1nccn1-c1ccc(CNC(=O)[C@@H]2COc3ccccc3O2)cc1. The van der Waals surface area contributed by atoms with Crippen molar-refractivity contribution in [1.29, 1.82) is 0 Å². The lowest BCUT2D eigenvalue weighted by molar-refractivity contribution is -0.130. The molecule has 0 unspecified atom stereocenters. The molecule has 1 aliphatic rings. The number of ether oxygens (including phenoxy) is 2. The Kier molecular flexibility index (Phi) is 4.31. The molecule has 2 aromatic carbocycles. The standard InChI is InChI=1S/C20H19N3O3/c1-14-21-10-11-23(14)16-8-6-15(7-9-16)12-22-20(24)19-13-25-17-4-2-3-5-18(17)26-19/h2-11,19H,12-13H2,1H3,(H,22,24)/t19-/m0/s1. The highest BCUT2D eigenvalue weighted by molar-refractivity contribution is 5.81. The zero-order valence-corrected chi connectivity index (χ0v) is 14.4. The van der Waals surface area contributed by atoms with E-state index in [-0.39, 0.29) is 12.5 Å². The molecule has 1 atom stereocenters. The molecular weight excluding hydrogens is 330 g/mol. The number of benzene rings is 2. The first-order valence-electron chi connectivity index (χ1n) is 8.46. The van der Waals surface area contributed by atoms with Gasteiger partial charge >= 0.3 is 0 Å². The number of carbonyl (C=O) groups is 1. The third kappa shape index (κ3) is 3.26. The fourth-order valence-corrected chi connectivity index (χ4v) is 2.88. The van der Waals surface area contributed by atoms with E-state index in [0.29, 0.717) is 18.0 Å². The quantitative estimate of drug-likeness (QED) is 0.786. The first kappa shape index (κ1) is 16.2. The first-order valence-corrected chi connectivity index (χ1v) is 8.46. The number of aryl methyl sites for hydroxylation is 1. The maximum atomic E-state index is 12.4. The summed E-state index contributed by atoms with van der Waals surface area (Å²) in [6, 6.07) is 15.3. The second kappa shape index (κ2) is 6.92. The molecular formula is C20H19N3O3. The van der Waals surface area contributed by atoms with Crippen molar-refractivity contribution in [2.45, 2.75) is 19.6 Å². The number of amides is 1. The van der Waals surface area contributed by atoms with Crippen LogP contribution in [0.1, 0.15) is 11.4 Å². The van der Waals surface area contributed by atoms with Gasteiger partial charge in [-0.25, -0.2) is 4.98 Å². The van der Waals surface area contributed by atoms with E-state index in [1.165, 1.54) is 0 Å². The van der Waals surface area contributed by atoms with E-state index in [2.05, 4.69) is 10.3 Å². The minimum atomic E-state index is -0.641. The van der Waals surface area contributed by atoms with Crippen molar-refractivity contribution in [3.05, 3.63) is 72.3 Å². The van der Waals surface area contributed by atoms with Crippen LogP contribution in [0, 0.1) is 6.92 Å². The van der Waals surface area contributed by atoms with Gasteiger partial charge in [-0.1, -0.05) is 24.3 Å². The maximum Gasteiger partial charge on any atom is 0.264 e. The fourth-order valence-electron chi connectivity index (χ4n) is 2.88. The Hall–Kier alpha value is -3.28. The number of hydrogen-bond donors (Lipinski definition) is 1. The molecule has 2 heterocycles. The summed E-state index contributed by atoms with van der Waals surface area (Å²) in [6.45, 7) is 2.60. The van der Waals surface area contributed by atoms with Gasteiger partial charge in [-0.15, -0.1) is 0 Å². The molecule has 4 rings (SSSR count). The molecule has 0 saturated heterocycles. The minimum Gasteiger partial charge on any atom is -0.485 e. The Labute approximate surface area is 151 Å². The number of rotatable bonds is 4. The highest BCUT2D eigenvalue weighted by Gasteiger charge is 2.26. The Morgan fingerprint density at radius 1 is 1.19 bits per heavy atom. The van der Waals surface area contributed by atoms with Crippen LogP contribution in [-0.4, -0.2) is 28.2 Å². The first-order chi connectivity index (χ1) is 12.7. The normalized spacial score (nSPS) is 15.5. The van der Waals surface area contributed by atoms with Crippen molar-refractivity contribution in [2.24, 2.45) is 0 Å². The minimum absolute atomic E-state index is 0.186. The Balaban J connectivity index is 1.36. The summed E-state index contributed by atoms with van der Waals surface area (Å²) in [5, 5.41) is 2.90. The number of imidazole rings is 1. The summed E-state index contributed by atoms with van der Waals surface area (Å²) in [5.74, 6) is 2.01. The molecule has 3 aromatic rings. The predicted molar refractivity (Wildman–Crippen MR) is 96.5 cm³/mol. The smallest absolute Gasteiger partial charge is 0.264 e. The summed E-state index contributed by atoms with van der Waals surface area (Å²) in [5.41, 5.74) is 2.05.